The van der Waals surface area contributed by atoms with Crippen molar-refractivity contribution >= 4 is 5.97 Å². The van der Waals surface area contributed by atoms with Crippen molar-refractivity contribution in [3.63, 3.8) is 0 Å². The molecule has 0 bridgehead atoms. The number of rotatable bonds is 10. The number of unbranched alkanes of at least 4 members (excludes halogenated alkanes) is 5. The predicted molar refractivity (Wildman–Crippen MR) is 78.8 cm³/mol. The zero-order chi connectivity index (χ0) is 16.4. The summed E-state index contributed by atoms with van der Waals surface area (Å²) in [6.07, 6.45) is 6.33. The number of ether oxygens (including phenoxy) is 2. The Labute approximate surface area is 131 Å². The molecule has 0 spiro atoms. The van der Waals surface area contributed by atoms with Crippen molar-refractivity contribution in [3.8, 4) is 0 Å². The Kier molecular flexibility index (Phi) is 9.31. The Morgan fingerprint density at radius 1 is 1.23 bits per heavy atom. The Morgan fingerprint density at radius 3 is 2.64 bits per heavy atom. The Morgan fingerprint density at radius 2 is 1.91 bits per heavy atom. The molecule has 0 aromatic rings. The predicted octanol–water partition coefficient (Wildman–Crippen LogP) is 0.506. The van der Waals surface area contributed by atoms with Crippen molar-refractivity contribution in [2.24, 2.45) is 0 Å². The van der Waals surface area contributed by atoms with E-state index < -0.39 is 24.5 Å². The molecule has 0 radical (unpaired) electrons. The minimum Gasteiger partial charge on any atom is -0.545 e. The van der Waals surface area contributed by atoms with Gasteiger partial charge in [0.05, 0.1) is 18.2 Å². The van der Waals surface area contributed by atoms with Gasteiger partial charge in [-0.15, -0.1) is 0 Å². The maximum Gasteiger partial charge on any atom is 0.183 e. The van der Waals surface area contributed by atoms with E-state index in [-0.39, 0.29) is 12.5 Å². The van der Waals surface area contributed by atoms with Crippen molar-refractivity contribution in [1.29, 1.82) is 0 Å². The van der Waals surface area contributed by atoms with E-state index in [9.17, 15) is 20.1 Å². The molecule has 2 N–H and O–H groups in total. The lowest BCUT2D eigenvalue weighted by atomic mass is 10.0. The van der Waals surface area contributed by atoms with Crippen LogP contribution in [0.4, 0.5) is 0 Å². The van der Waals surface area contributed by atoms with Gasteiger partial charge < -0.3 is 29.6 Å². The van der Waals surface area contributed by atoms with Crippen LogP contribution < -0.4 is 5.11 Å². The van der Waals surface area contributed by atoms with Crippen LogP contribution in [0.25, 0.3) is 0 Å². The van der Waals surface area contributed by atoms with Gasteiger partial charge in [0, 0.05) is 13.0 Å². The van der Waals surface area contributed by atoms with Crippen LogP contribution in [0.3, 0.4) is 0 Å². The Hall–Kier alpha value is -0.950. The third-order valence-corrected chi connectivity index (χ3v) is 3.74. The highest BCUT2D eigenvalue weighted by Crippen LogP contribution is 2.21. The highest BCUT2D eigenvalue weighted by molar-refractivity contribution is 5.77. The van der Waals surface area contributed by atoms with Crippen molar-refractivity contribution in [3.05, 3.63) is 12.2 Å². The fourth-order valence-electron chi connectivity index (χ4n) is 2.37. The van der Waals surface area contributed by atoms with Crippen molar-refractivity contribution in [2.45, 2.75) is 76.5 Å². The largest absolute Gasteiger partial charge is 0.545 e. The van der Waals surface area contributed by atoms with Crippen LogP contribution in [0.1, 0.15) is 51.9 Å². The molecule has 1 heterocycles. The van der Waals surface area contributed by atoms with Crippen LogP contribution in [0.2, 0.25) is 0 Å². The average molecular weight is 315 g/mol. The second kappa shape index (κ2) is 10.7. The van der Waals surface area contributed by atoms with E-state index in [2.05, 4.69) is 0 Å². The van der Waals surface area contributed by atoms with E-state index in [0.717, 1.165) is 44.6 Å². The van der Waals surface area contributed by atoms with Gasteiger partial charge in [0.1, 0.15) is 6.10 Å². The highest BCUT2D eigenvalue weighted by atomic mass is 16.7. The quantitative estimate of drug-likeness (QED) is 0.450. The molecule has 0 saturated carbocycles. The van der Waals surface area contributed by atoms with Crippen molar-refractivity contribution in [1.82, 2.24) is 0 Å². The van der Waals surface area contributed by atoms with Crippen LogP contribution in [0.5, 0.6) is 0 Å². The lowest BCUT2D eigenvalue weighted by molar-refractivity contribution is -0.297. The molecule has 128 valence electrons. The first-order chi connectivity index (χ1) is 10.5. The maximum atomic E-state index is 10.1. The molecule has 22 heavy (non-hydrogen) atoms. The second-order valence-electron chi connectivity index (χ2n) is 5.73. The Balaban J connectivity index is 1.96. The van der Waals surface area contributed by atoms with Gasteiger partial charge in [-0.3, -0.25) is 0 Å². The average Bonchev–Trinajstić information content (AvgIpc) is 2.45. The molecule has 6 heteroatoms. The van der Waals surface area contributed by atoms with E-state index in [1.165, 1.54) is 0 Å². The summed E-state index contributed by atoms with van der Waals surface area (Å²) in [6, 6.07) is 0. The summed E-state index contributed by atoms with van der Waals surface area (Å²) in [5.41, 5.74) is 0. The van der Waals surface area contributed by atoms with Gasteiger partial charge in [-0.05, 0) is 32.3 Å². The van der Waals surface area contributed by atoms with E-state index in [1.54, 1.807) is 13.0 Å². The smallest absolute Gasteiger partial charge is 0.183 e. The molecule has 6 nitrogen and oxygen atoms in total. The van der Waals surface area contributed by atoms with Gasteiger partial charge in [-0.1, -0.05) is 25.3 Å². The summed E-state index contributed by atoms with van der Waals surface area (Å²) in [4.78, 5) is 10.1. The fraction of sp³-hybridized carbons (Fsp3) is 0.812. The molecule has 1 rings (SSSR count). The molecule has 4 atom stereocenters. The molecule has 0 aromatic carbocycles. The zero-order valence-electron chi connectivity index (χ0n) is 13.1. The summed E-state index contributed by atoms with van der Waals surface area (Å²) in [6.45, 7) is 2.29. The summed E-state index contributed by atoms with van der Waals surface area (Å²) in [5.74, 6) is -1.15. The SMILES string of the molecule is C[C@@H]1O[C@@H](OCCCCCCC/C=C/C(=O)[O-])[C@H](O)C[C@H]1O. The molecule has 1 aliphatic heterocycles. The van der Waals surface area contributed by atoms with Gasteiger partial charge >= 0.3 is 0 Å². The molecule has 0 aliphatic carbocycles. The first kappa shape index (κ1) is 19.1. The van der Waals surface area contributed by atoms with Crippen LogP contribution in [-0.2, 0) is 14.3 Å². The number of carboxylic acids is 1. The monoisotopic (exact) mass is 315 g/mol. The third kappa shape index (κ3) is 7.89. The standard InChI is InChI=1S/C16H28O6/c1-12-13(17)11-14(18)16(22-12)21-10-8-6-4-2-3-5-7-9-15(19)20/h7,9,12-14,16-18H,2-6,8,10-11H2,1H3,(H,19,20)/p-1/b9-7+/t12-,13+,14+,16+/m0/s1. The lowest BCUT2D eigenvalue weighted by Gasteiger charge is -2.35. The van der Waals surface area contributed by atoms with Crippen LogP contribution in [0, 0.1) is 0 Å². The molecule has 1 fully saturated rings. The van der Waals surface area contributed by atoms with Gasteiger partial charge in [-0.25, -0.2) is 0 Å². The number of carboxylic acid groups (broad SMARTS) is 1. The Bertz CT molecular complexity index is 344. The maximum absolute atomic E-state index is 10.1. The number of carbonyl (C=O) groups excluding carboxylic acids is 1. The highest BCUT2D eigenvalue weighted by Gasteiger charge is 2.34. The number of hydrogen-bond donors (Lipinski definition) is 2. The van der Waals surface area contributed by atoms with E-state index in [4.69, 9.17) is 9.47 Å². The number of aliphatic hydroxyl groups is 2. The molecule has 0 unspecified atom stereocenters. The number of aliphatic carboxylic acids is 1. The van der Waals surface area contributed by atoms with Gasteiger partial charge in [0.2, 0.25) is 0 Å². The second-order valence-corrected chi connectivity index (χ2v) is 5.73. The lowest BCUT2D eigenvalue weighted by Crippen LogP contribution is -2.47. The summed E-state index contributed by atoms with van der Waals surface area (Å²) in [7, 11) is 0. The molecular formula is C16H27O6-. The van der Waals surface area contributed by atoms with Crippen molar-refractivity contribution < 1.29 is 29.6 Å². The number of hydrogen-bond acceptors (Lipinski definition) is 6. The first-order valence-corrected chi connectivity index (χ1v) is 8.01. The van der Waals surface area contributed by atoms with Gasteiger partial charge in [-0.2, -0.15) is 0 Å². The van der Waals surface area contributed by atoms with Crippen LogP contribution in [0.15, 0.2) is 12.2 Å². The minimum atomic E-state index is -1.15. The summed E-state index contributed by atoms with van der Waals surface area (Å²) < 4.78 is 10.9. The molecule has 0 amide bonds. The third-order valence-electron chi connectivity index (χ3n) is 3.74. The molecule has 1 saturated heterocycles. The van der Waals surface area contributed by atoms with E-state index in [0.29, 0.717) is 6.61 Å². The van der Waals surface area contributed by atoms with Gasteiger partial charge in [0.25, 0.3) is 0 Å². The molecule has 1 aliphatic rings. The minimum absolute atomic E-state index is 0.283. The first-order valence-electron chi connectivity index (χ1n) is 8.01. The zero-order valence-corrected chi connectivity index (χ0v) is 13.1. The number of aliphatic hydroxyl groups excluding tert-OH is 2. The molecule has 0 aromatic heterocycles. The normalized spacial score (nSPS) is 29.0. The topological polar surface area (TPSA) is 99.1 Å². The number of carbonyl (C=O) groups is 1. The van der Waals surface area contributed by atoms with E-state index in [1.807, 2.05) is 0 Å². The molecular weight excluding hydrogens is 288 g/mol. The van der Waals surface area contributed by atoms with E-state index >= 15 is 0 Å². The van der Waals surface area contributed by atoms with Crippen LogP contribution in [-0.4, -0.2) is 47.4 Å². The van der Waals surface area contributed by atoms with Crippen molar-refractivity contribution in [2.75, 3.05) is 6.61 Å². The van der Waals surface area contributed by atoms with Gasteiger partial charge in [0.15, 0.2) is 6.29 Å². The fourth-order valence-corrected chi connectivity index (χ4v) is 2.37. The summed E-state index contributed by atoms with van der Waals surface area (Å²) in [5, 5.41) is 29.4. The summed E-state index contributed by atoms with van der Waals surface area (Å²) >= 11 is 0. The van der Waals surface area contributed by atoms with Crippen LogP contribution >= 0.6 is 0 Å². The number of allylic oxidation sites excluding steroid dienone is 1.